The molecular formula is C54H103NO5. The summed E-state index contributed by atoms with van der Waals surface area (Å²) < 4.78 is 5.91. The van der Waals surface area contributed by atoms with Crippen LogP contribution in [0.4, 0.5) is 0 Å². The number of aliphatic hydroxyl groups excluding tert-OH is 2. The zero-order valence-corrected chi connectivity index (χ0v) is 40.4. The summed E-state index contributed by atoms with van der Waals surface area (Å²) in [6.45, 7) is 6.46. The molecule has 3 atom stereocenters. The summed E-state index contributed by atoms with van der Waals surface area (Å²) in [6, 6.07) is -0.697. The molecule has 60 heavy (non-hydrogen) atoms. The van der Waals surface area contributed by atoms with Gasteiger partial charge in [-0.15, -0.1) is 0 Å². The maximum atomic E-state index is 13.2. The number of nitrogens with one attached hydrogen (secondary N) is 1. The van der Waals surface area contributed by atoms with Crippen molar-refractivity contribution in [3.8, 4) is 0 Å². The zero-order valence-electron chi connectivity index (χ0n) is 40.4. The van der Waals surface area contributed by atoms with Gasteiger partial charge in [0.15, 0.2) is 0 Å². The summed E-state index contributed by atoms with van der Waals surface area (Å²) in [5, 5.41) is 23.8. The Labute approximate surface area is 373 Å². The molecule has 0 bridgehead atoms. The van der Waals surface area contributed by atoms with Crippen LogP contribution in [0.15, 0.2) is 24.3 Å². The molecule has 1 amide bonds. The number of aliphatic hydroxyl groups is 2. The average Bonchev–Trinajstić information content (AvgIpc) is 3.24. The Kier molecular flexibility index (Phi) is 47.0. The highest BCUT2D eigenvalue weighted by atomic mass is 16.5. The lowest BCUT2D eigenvalue weighted by atomic mass is 10.0. The summed E-state index contributed by atoms with van der Waals surface area (Å²) in [5.41, 5.74) is 0. The van der Waals surface area contributed by atoms with Crippen LogP contribution >= 0.6 is 0 Å². The quantitative estimate of drug-likeness (QED) is 0.0322. The van der Waals surface area contributed by atoms with Crippen molar-refractivity contribution in [1.82, 2.24) is 5.32 Å². The van der Waals surface area contributed by atoms with E-state index in [4.69, 9.17) is 4.74 Å². The Bertz CT molecular complexity index is 950. The monoisotopic (exact) mass is 846 g/mol. The Balaban J connectivity index is 4.37. The lowest BCUT2D eigenvalue weighted by molar-refractivity contribution is -0.151. The molecule has 3 unspecified atom stereocenters. The number of hydrogen-bond donors (Lipinski definition) is 3. The first-order chi connectivity index (χ1) is 29.5. The molecule has 0 saturated heterocycles. The molecule has 0 fully saturated rings. The minimum absolute atomic E-state index is 0.0788. The lowest BCUT2D eigenvalue weighted by Gasteiger charge is -2.24. The lowest BCUT2D eigenvalue weighted by Crippen LogP contribution is -2.46. The molecule has 0 aliphatic heterocycles. The topological polar surface area (TPSA) is 95.9 Å². The average molecular weight is 846 g/mol. The van der Waals surface area contributed by atoms with E-state index in [-0.39, 0.29) is 24.9 Å². The molecule has 0 aromatic carbocycles. The van der Waals surface area contributed by atoms with E-state index in [9.17, 15) is 19.8 Å². The van der Waals surface area contributed by atoms with E-state index in [1.807, 2.05) is 0 Å². The molecule has 6 nitrogen and oxygen atoms in total. The van der Waals surface area contributed by atoms with Crippen LogP contribution in [0.3, 0.4) is 0 Å². The van der Waals surface area contributed by atoms with Gasteiger partial charge in [-0.05, 0) is 57.8 Å². The van der Waals surface area contributed by atoms with Crippen molar-refractivity contribution >= 4 is 11.9 Å². The van der Waals surface area contributed by atoms with Gasteiger partial charge in [-0.2, -0.15) is 0 Å². The first kappa shape index (κ1) is 58.3. The Morgan fingerprint density at radius 1 is 0.483 bits per heavy atom. The summed E-state index contributed by atoms with van der Waals surface area (Å²) in [6.07, 6.45) is 55.3. The van der Waals surface area contributed by atoms with Crippen molar-refractivity contribution in [3.63, 3.8) is 0 Å². The molecule has 0 radical (unpaired) electrons. The molecule has 0 heterocycles. The molecule has 0 saturated carbocycles. The predicted octanol–water partition coefficient (Wildman–Crippen LogP) is 15.9. The first-order valence-electron chi connectivity index (χ1n) is 26.6. The predicted molar refractivity (Wildman–Crippen MR) is 260 cm³/mol. The van der Waals surface area contributed by atoms with Gasteiger partial charge >= 0.3 is 5.97 Å². The number of allylic oxidation sites excluding steroid dienone is 4. The molecule has 0 aliphatic rings. The third-order valence-corrected chi connectivity index (χ3v) is 12.3. The van der Waals surface area contributed by atoms with Crippen LogP contribution in [0.2, 0.25) is 0 Å². The van der Waals surface area contributed by atoms with Gasteiger partial charge in [-0.25, -0.2) is 0 Å². The van der Waals surface area contributed by atoms with E-state index in [1.165, 1.54) is 180 Å². The third kappa shape index (κ3) is 43.0. The summed E-state index contributed by atoms with van der Waals surface area (Å²) in [7, 11) is 0. The van der Waals surface area contributed by atoms with Crippen LogP contribution in [0, 0.1) is 0 Å². The normalized spacial score (nSPS) is 13.3. The van der Waals surface area contributed by atoms with Crippen LogP contribution in [-0.4, -0.2) is 46.9 Å². The van der Waals surface area contributed by atoms with E-state index in [0.717, 1.165) is 57.8 Å². The number of ether oxygens (including phenoxy) is 1. The Morgan fingerprint density at radius 2 is 0.850 bits per heavy atom. The summed E-state index contributed by atoms with van der Waals surface area (Å²) in [5.74, 6) is -0.472. The molecule has 0 aromatic rings. The standard InChI is InChI=1S/C54H103NO5/c1-4-7-10-13-16-19-21-23-25-27-29-31-33-35-38-41-44-47-54(59)60-50(45-42-39-36-18-15-12-9-6-3)48-53(58)55-51(49-56)52(57)46-43-40-37-34-32-30-28-26-24-22-20-17-14-11-8-5-2/h16,19,23,25,50-52,56-57H,4-15,17-18,20-22,24,26-49H2,1-3H3,(H,55,58)/b19-16-,25-23-. The van der Waals surface area contributed by atoms with Gasteiger partial charge in [-0.1, -0.05) is 238 Å². The number of amides is 1. The van der Waals surface area contributed by atoms with Gasteiger partial charge in [-0.3, -0.25) is 9.59 Å². The maximum Gasteiger partial charge on any atom is 0.306 e. The number of unbranched alkanes of at least 4 members (excludes halogenated alkanes) is 32. The molecule has 3 N–H and O–H groups in total. The Hall–Kier alpha value is -1.66. The maximum absolute atomic E-state index is 13.2. The first-order valence-corrected chi connectivity index (χ1v) is 26.6. The highest BCUT2D eigenvalue weighted by Gasteiger charge is 2.24. The van der Waals surface area contributed by atoms with Gasteiger partial charge in [0.05, 0.1) is 25.2 Å². The van der Waals surface area contributed by atoms with Crippen molar-refractivity contribution in [2.24, 2.45) is 0 Å². The fourth-order valence-corrected chi connectivity index (χ4v) is 8.23. The van der Waals surface area contributed by atoms with Crippen molar-refractivity contribution < 1.29 is 24.5 Å². The largest absolute Gasteiger partial charge is 0.462 e. The minimum atomic E-state index is -0.784. The Morgan fingerprint density at radius 3 is 1.30 bits per heavy atom. The van der Waals surface area contributed by atoms with E-state index < -0.39 is 18.2 Å². The van der Waals surface area contributed by atoms with Crippen LogP contribution in [0.5, 0.6) is 0 Å². The molecule has 0 aromatic heterocycles. The highest BCUT2D eigenvalue weighted by Crippen LogP contribution is 2.18. The molecular weight excluding hydrogens is 743 g/mol. The fourth-order valence-electron chi connectivity index (χ4n) is 8.23. The number of rotatable bonds is 48. The molecule has 6 heteroatoms. The van der Waals surface area contributed by atoms with Gasteiger partial charge in [0.1, 0.15) is 6.10 Å². The van der Waals surface area contributed by atoms with Crippen molar-refractivity contribution in [2.45, 2.75) is 302 Å². The minimum Gasteiger partial charge on any atom is -0.462 e. The number of carbonyl (C=O) groups is 2. The van der Waals surface area contributed by atoms with E-state index in [2.05, 4.69) is 50.4 Å². The van der Waals surface area contributed by atoms with Gasteiger partial charge < -0.3 is 20.3 Å². The van der Waals surface area contributed by atoms with Gasteiger partial charge in [0, 0.05) is 6.42 Å². The summed E-state index contributed by atoms with van der Waals surface area (Å²) >= 11 is 0. The van der Waals surface area contributed by atoms with Crippen LogP contribution in [0.1, 0.15) is 284 Å². The van der Waals surface area contributed by atoms with E-state index >= 15 is 0 Å². The number of carbonyl (C=O) groups excluding carboxylic acids is 2. The van der Waals surface area contributed by atoms with Gasteiger partial charge in [0.25, 0.3) is 0 Å². The van der Waals surface area contributed by atoms with Crippen molar-refractivity contribution in [1.29, 1.82) is 0 Å². The smallest absolute Gasteiger partial charge is 0.306 e. The highest BCUT2D eigenvalue weighted by molar-refractivity contribution is 5.77. The second kappa shape index (κ2) is 48.4. The fraction of sp³-hybridized carbons (Fsp3) is 0.889. The van der Waals surface area contributed by atoms with Crippen LogP contribution in [-0.2, 0) is 14.3 Å². The zero-order chi connectivity index (χ0) is 43.8. The second-order valence-electron chi connectivity index (χ2n) is 18.3. The number of hydrogen-bond acceptors (Lipinski definition) is 5. The van der Waals surface area contributed by atoms with Crippen LogP contribution < -0.4 is 5.32 Å². The van der Waals surface area contributed by atoms with E-state index in [0.29, 0.717) is 19.3 Å². The third-order valence-electron chi connectivity index (χ3n) is 12.3. The number of esters is 1. The van der Waals surface area contributed by atoms with Crippen molar-refractivity contribution in [2.75, 3.05) is 6.61 Å². The molecule has 0 rings (SSSR count). The second-order valence-corrected chi connectivity index (χ2v) is 18.3. The van der Waals surface area contributed by atoms with Gasteiger partial charge in [0.2, 0.25) is 5.91 Å². The van der Waals surface area contributed by atoms with Crippen molar-refractivity contribution in [3.05, 3.63) is 24.3 Å². The van der Waals surface area contributed by atoms with Crippen LogP contribution in [0.25, 0.3) is 0 Å². The summed E-state index contributed by atoms with van der Waals surface area (Å²) in [4.78, 5) is 26.1. The molecule has 0 spiro atoms. The van der Waals surface area contributed by atoms with E-state index in [1.54, 1.807) is 0 Å². The molecule has 0 aliphatic carbocycles. The molecule has 354 valence electrons. The SMILES string of the molecule is CCCCC/C=C\C/C=C\CCCCCCCCCC(=O)OC(CCCCCCCCCC)CC(=O)NC(CO)C(O)CCCCCCCCCCCCCCCCCC.